The van der Waals surface area contributed by atoms with Crippen LogP contribution in [0.1, 0.15) is 17.9 Å². The van der Waals surface area contributed by atoms with Crippen molar-refractivity contribution in [1.82, 2.24) is 5.32 Å². The quantitative estimate of drug-likeness (QED) is 0.671. The van der Waals surface area contributed by atoms with Gasteiger partial charge in [-0.2, -0.15) is 0 Å². The van der Waals surface area contributed by atoms with Gasteiger partial charge in [-0.05, 0) is 43.1 Å². The van der Waals surface area contributed by atoms with E-state index in [1.165, 1.54) is 6.21 Å². The first-order chi connectivity index (χ1) is 8.74. The third-order valence-corrected chi connectivity index (χ3v) is 3.37. The standard InChI is InChI=1S/C14H19N3O/c1-18-12-4-2-3-11(6-12)13(7-15)14(16)5-10-8-17-9-10/h2-4,6-7,10,13,15-17H,5,8-9H2,1H3. The molecule has 1 fully saturated rings. The zero-order valence-corrected chi connectivity index (χ0v) is 10.6. The third kappa shape index (κ3) is 2.76. The minimum absolute atomic E-state index is 0.222. The van der Waals surface area contributed by atoms with Crippen LogP contribution < -0.4 is 10.1 Å². The van der Waals surface area contributed by atoms with Gasteiger partial charge in [-0.15, -0.1) is 0 Å². The zero-order chi connectivity index (χ0) is 13.0. The normalized spacial score (nSPS) is 16.7. The molecular weight excluding hydrogens is 226 g/mol. The largest absolute Gasteiger partial charge is 0.497 e. The molecule has 0 aliphatic carbocycles. The Morgan fingerprint density at radius 1 is 1.56 bits per heavy atom. The highest BCUT2D eigenvalue weighted by atomic mass is 16.5. The van der Waals surface area contributed by atoms with Gasteiger partial charge in [0.2, 0.25) is 0 Å². The average Bonchev–Trinajstić information content (AvgIpc) is 2.35. The van der Waals surface area contributed by atoms with E-state index in [1.54, 1.807) is 7.11 Å². The Bertz CT molecular complexity index is 440. The van der Waals surface area contributed by atoms with Crippen LogP contribution in [-0.4, -0.2) is 32.1 Å². The fraction of sp³-hybridized carbons (Fsp3) is 0.429. The lowest BCUT2D eigenvalue weighted by atomic mass is 9.87. The molecule has 1 unspecified atom stereocenters. The van der Waals surface area contributed by atoms with Gasteiger partial charge in [0, 0.05) is 11.9 Å². The number of benzene rings is 1. The number of hydrogen-bond acceptors (Lipinski definition) is 4. The molecule has 0 saturated carbocycles. The number of nitrogens with one attached hydrogen (secondary N) is 3. The second-order valence-electron chi connectivity index (χ2n) is 4.67. The number of ether oxygens (including phenoxy) is 1. The summed E-state index contributed by atoms with van der Waals surface area (Å²) in [6.07, 6.45) is 2.12. The Balaban J connectivity index is 2.10. The van der Waals surface area contributed by atoms with E-state index in [1.807, 2.05) is 24.3 Å². The molecule has 3 N–H and O–H groups in total. The van der Waals surface area contributed by atoms with Gasteiger partial charge in [0.05, 0.1) is 13.0 Å². The molecule has 2 rings (SSSR count). The second kappa shape index (κ2) is 5.78. The van der Waals surface area contributed by atoms with E-state index in [9.17, 15) is 0 Å². The van der Waals surface area contributed by atoms with Gasteiger partial charge < -0.3 is 20.9 Å². The lowest BCUT2D eigenvalue weighted by molar-refractivity contribution is 0.357. The summed E-state index contributed by atoms with van der Waals surface area (Å²) in [7, 11) is 1.63. The number of methoxy groups -OCH3 is 1. The summed E-state index contributed by atoms with van der Waals surface area (Å²) in [5, 5.41) is 18.9. The van der Waals surface area contributed by atoms with Crippen LogP contribution in [-0.2, 0) is 0 Å². The molecule has 4 nitrogen and oxygen atoms in total. The average molecular weight is 245 g/mol. The Morgan fingerprint density at radius 2 is 2.33 bits per heavy atom. The fourth-order valence-electron chi connectivity index (χ4n) is 2.16. The van der Waals surface area contributed by atoms with E-state index in [2.05, 4.69) is 5.32 Å². The highest BCUT2D eigenvalue weighted by Crippen LogP contribution is 2.23. The molecule has 18 heavy (non-hydrogen) atoms. The van der Waals surface area contributed by atoms with Crippen molar-refractivity contribution in [2.75, 3.05) is 20.2 Å². The van der Waals surface area contributed by atoms with Crippen LogP contribution in [0.5, 0.6) is 5.75 Å². The van der Waals surface area contributed by atoms with Crippen LogP contribution in [0.3, 0.4) is 0 Å². The minimum Gasteiger partial charge on any atom is -0.497 e. The van der Waals surface area contributed by atoms with Crippen molar-refractivity contribution in [2.45, 2.75) is 12.3 Å². The summed E-state index contributed by atoms with van der Waals surface area (Å²) in [4.78, 5) is 0. The van der Waals surface area contributed by atoms with Gasteiger partial charge in [0.1, 0.15) is 5.75 Å². The summed E-state index contributed by atoms with van der Waals surface area (Å²) in [5.74, 6) is 1.11. The van der Waals surface area contributed by atoms with Crippen molar-refractivity contribution in [3.05, 3.63) is 29.8 Å². The molecule has 1 aliphatic rings. The molecule has 1 aromatic rings. The topological polar surface area (TPSA) is 69.0 Å². The van der Waals surface area contributed by atoms with Crippen LogP contribution in [0.15, 0.2) is 24.3 Å². The monoisotopic (exact) mass is 245 g/mol. The summed E-state index contributed by atoms with van der Waals surface area (Å²) < 4.78 is 5.19. The molecular formula is C14H19N3O. The van der Waals surface area contributed by atoms with E-state index in [0.717, 1.165) is 30.8 Å². The lowest BCUT2D eigenvalue weighted by Crippen LogP contribution is -2.43. The van der Waals surface area contributed by atoms with Crippen LogP contribution in [0.4, 0.5) is 0 Å². The van der Waals surface area contributed by atoms with Gasteiger partial charge in [-0.25, -0.2) is 0 Å². The first kappa shape index (κ1) is 12.8. The molecule has 96 valence electrons. The van der Waals surface area contributed by atoms with Gasteiger partial charge in [-0.3, -0.25) is 0 Å². The van der Waals surface area contributed by atoms with E-state index >= 15 is 0 Å². The van der Waals surface area contributed by atoms with Crippen molar-refractivity contribution >= 4 is 11.9 Å². The van der Waals surface area contributed by atoms with Crippen molar-refractivity contribution < 1.29 is 4.74 Å². The van der Waals surface area contributed by atoms with Crippen molar-refractivity contribution in [3.63, 3.8) is 0 Å². The van der Waals surface area contributed by atoms with Crippen LogP contribution >= 0.6 is 0 Å². The second-order valence-corrected chi connectivity index (χ2v) is 4.67. The molecule has 0 amide bonds. The first-order valence-corrected chi connectivity index (χ1v) is 6.17. The molecule has 1 aromatic carbocycles. The molecule has 1 heterocycles. The highest BCUT2D eigenvalue weighted by Gasteiger charge is 2.23. The number of rotatable bonds is 6. The predicted molar refractivity (Wildman–Crippen MR) is 73.2 cm³/mol. The maximum atomic E-state index is 8.16. The molecule has 0 spiro atoms. The van der Waals surface area contributed by atoms with Crippen molar-refractivity contribution in [2.24, 2.45) is 5.92 Å². The Hall–Kier alpha value is -1.68. The Morgan fingerprint density at radius 3 is 2.89 bits per heavy atom. The molecule has 0 radical (unpaired) electrons. The summed E-state index contributed by atoms with van der Waals surface area (Å²) in [6, 6.07) is 7.64. The maximum Gasteiger partial charge on any atom is 0.119 e. The van der Waals surface area contributed by atoms with Crippen LogP contribution in [0, 0.1) is 16.7 Å². The first-order valence-electron chi connectivity index (χ1n) is 6.17. The number of hydrogen-bond donors (Lipinski definition) is 3. The molecule has 1 atom stereocenters. The van der Waals surface area contributed by atoms with Gasteiger partial charge in [0.15, 0.2) is 0 Å². The predicted octanol–water partition coefficient (Wildman–Crippen LogP) is 2.06. The maximum absolute atomic E-state index is 8.16. The van der Waals surface area contributed by atoms with Gasteiger partial charge >= 0.3 is 0 Å². The van der Waals surface area contributed by atoms with Gasteiger partial charge in [-0.1, -0.05) is 12.1 Å². The smallest absolute Gasteiger partial charge is 0.119 e. The summed E-state index contributed by atoms with van der Waals surface area (Å²) in [5.41, 5.74) is 1.58. The molecule has 1 saturated heterocycles. The lowest BCUT2D eigenvalue weighted by Gasteiger charge is -2.28. The Kier molecular flexibility index (Phi) is 4.10. The third-order valence-electron chi connectivity index (χ3n) is 3.37. The highest BCUT2D eigenvalue weighted by molar-refractivity contribution is 6.01. The van der Waals surface area contributed by atoms with E-state index in [-0.39, 0.29) is 5.92 Å². The summed E-state index contributed by atoms with van der Waals surface area (Å²) in [6.45, 7) is 1.98. The van der Waals surface area contributed by atoms with E-state index in [4.69, 9.17) is 15.6 Å². The van der Waals surface area contributed by atoms with Crippen LogP contribution in [0.25, 0.3) is 0 Å². The minimum atomic E-state index is -0.222. The van der Waals surface area contributed by atoms with Gasteiger partial charge in [0.25, 0.3) is 0 Å². The molecule has 0 bridgehead atoms. The zero-order valence-electron chi connectivity index (χ0n) is 10.6. The van der Waals surface area contributed by atoms with E-state index < -0.39 is 0 Å². The molecule has 0 aromatic heterocycles. The SMILES string of the molecule is COc1cccc(C(C=N)C(=N)CC2CNC2)c1. The molecule has 1 aliphatic heterocycles. The van der Waals surface area contributed by atoms with E-state index in [0.29, 0.717) is 11.6 Å². The van der Waals surface area contributed by atoms with Crippen LogP contribution in [0.2, 0.25) is 0 Å². The van der Waals surface area contributed by atoms with Crippen molar-refractivity contribution in [1.29, 1.82) is 10.8 Å². The Labute approximate surface area is 107 Å². The summed E-state index contributed by atoms with van der Waals surface area (Å²) >= 11 is 0. The fourth-order valence-corrected chi connectivity index (χ4v) is 2.16. The van der Waals surface area contributed by atoms with Crippen molar-refractivity contribution in [3.8, 4) is 5.75 Å². The molecule has 4 heteroatoms.